The third-order valence-electron chi connectivity index (χ3n) is 6.64. The van der Waals surface area contributed by atoms with E-state index >= 15 is 0 Å². The van der Waals surface area contributed by atoms with Crippen LogP contribution in [-0.2, 0) is 10.9 Å². The molecule has 162 valence electrons. The molecule has 1 aromatic heterocycles. The maximum absolute atomic E-state index is 12.7. The molecule has 0 aliphatic carbocycles. The molecular weight excluding hydrogens is 381 g/mol. The molecule has 4 rings (SSSR count). The summed E-state index contributed by atoms with van der Waals surface area (Å²) in [6.45, 7) is 8.93. The second-order valence-corrected chi connectivity index (χ2v) is 8.51. The quantitative estimate of drug-likeness (QED) is 0.759. The molecule has 0 saturated carbocycles. The lowest BCUT2D eigenvalue weighted by Crippen LogP contribution is -2.53. The highest BCUT2D eigenvalue weighted by molar-refractivity contribution is 5.40. The summed E-state index contributed by atoms with van der Waals surface area (Å²) in [6.07, 6.45) is 1.42. The van der Waals surface area contributed by atoms with Gasteiger partial charge >= 0.3 is 6.18 Å². The fourth-order valence-corrected chi connectivity index (χ4v) is 4.82. The molecule has 29 heavy (non-hydrogen) atoms. The average molecular weight is 413 g/mol. The van der Waals surface area contributed by atoms with Crippen LogP contribution in [0, 0.1) is 5.92 Å². The van der Waals surface area contributed by atoms with Gasteiger partial charge in [-0.25, -0.2) is 4.98 Å². The molecule has 8 heteroatoms. The molecular formula is C21H31F3N4O. The van der Waals surface area contributed by atoms with Crippen molar-refractivity contribution in [3.05, 3.63) is 23.9 Å². The van der Waals surface area contributed by atoms with Gasteiger partial charge in [-0.15, -0.1) is 0 Å². The van der Waals surface area contributed by atoms with Crippen molar-refractivity contribution >= 4 is 5.82 Å². The van der Waals surface area contributed by atoms with Gasteiger partial charge in [-0.1, -0.05) is 0 Å². The molecule has 0 amide bonds. The first kappa shape index (κ1) is 20.9. The predicted octanol–water partition coefficient (Wildman–Crippen LogP) is 3.11. The van der Waals surface area contributed by atoms with Crippen LogP contribution in [0.5, 0.6) is 0 Å². The van der Waals surface area contributed by atoms with Gasteiger partial charge in [-0.05, 0) is 56.8 Å². The Morgan fingerprint density at radius 3 is 2.21 bits per heavy atom. The maximum Gasteiger partial charge on any atom is 0.417 e. The third kappa shape index (κ3) is 5.41. The highest BCUT2D eigenvalue weighted by Gasteiger charge is 2.32. The molecule has 1 aromatic rings. The Morgan fingerprint density at radius 2 is 1.62 bits per heavy atom. The van der Waals surface area contributed by atoms with Gasteiger partial charge in [0.25, 0.3) is 0 Å². The molecule has 3 fully saturated rings. The molecule has 0 bridgehead atoms. The van der Waals surface area contributed by atoms with Crippen molar-refractivity contribution in [3.8, 4) is 0 Å². The van der Waals surface area contributed by atoms with Crippen LogP contribution < -0.4 is 4.90 Å². The number of alkyl halides is 3. The number of hydrogen-bond donors (Lipinski definition) is 0. The summed E-state index contributed by atoms with van der Waals surface area (Å²) in [5, 5.41) is 0. The number of hydrogen-bond acceptors (Lipinski definition) is 5. The van der Waals surface area contributed by atoms with E-state index in [0.717, 1.165) is 57.6 Å². The predicted molar refractivity (Wildman–Crippen MR) is 106 cm³/mol. The van der Waals surface area contributed by atoms with Gasteiger partial charge < -0.3 is 14.5 Å². The Hall–Kier alpha value is -1.38. The largest absolute Gasteiger partial charge is 0.417 e. The second-order valence-electron chi connectivity index (χ2n) is 8.51. The van der Waals surface area contributed by atoms with Crippen LogP contribution in [0.1, 0.15) is 31.2 Å². The van der Waals surface area contributed by atoms with E-state index in [1.807, 2.05) is 0 Å². The van der Waals surface area contributed by atoms with Crippen LogP contribution in [0.25, 0.3) is 0 Å². The SMILES string of the molecule is FC(F)(F)c1ccc(N2CCN(C3CCN(CC4CCOCC4)CC3)CC2)nc1. The van der Waals surface area contributed by atoms with E-state index in [4.69, 9.17) is 4.74 Å². The number of piperidine rings is 1. The number of rotatable bonds is 4. The van der Waals surface area contributed by atoms with Gasteiger partial charge in [0, 0.05) is 58.2 Å². The molecule has 3 aliphatic heterocycles. The Labute approximate surface area is 170 Å². The van der Waals surface area contributed by atoms with Gasteiger partial charge in [0.1, 0.15) is 5.82 Å². The smallest absolute Gasteiger partial charge is 0.381 e. The Bertz CT molecular complexity index is 632. The molecule has 0 radical (unpaired) electrons. The minimum Gasteiger partial charge on any atom is -0.381 e. The number of likely N-dealkylation sites (tertiary alicyclic amines) is 1. The van der Waals surface area contributed by atoms with Crippen molar-refractivity contribution in [1.82, 2.24) is 14.8 Å². The van der Waals surface area contributed by atoms with E-state index in [0.29, 0.717) is 11.9 Å². The van der Waals surface area contributed by atoms with E-state index in [9.17, 15) is 13.2 Å². The first-order chi connectivity index (χ1) is 14.0. The van der Waals surface area contributed by atoms with E-state index in [2.05, 4.69) is 19.7 Å². The van der Waals surface area contributed by atoms with Crippen LogP contribution in [0.2, 0.25) is 0 Å². The highest BCUT2D eigenvalue weighted by Crippen LogP contribution is 2.30. The summed E-state index contributed by atoms with van der Waals surface area (Å²) in [4.78, 5) is 11.3. The second kappa shape index (κ2) is 9.18. The number of aromatic nitrogens is 1. The first-order valence-corrected chi connectivity index (χ1v) is 10.8. The van der Waals surface area contributed by atoms with E-state index < -0.39 is 11.7 Å². The third-order valence-corrected chi connectivity index (χ3v) is 6.64. The molecule has 3 aliphatic rings. The molecule has 5 nitrogen and oxygen atoms in total. The fraction of sp³-hybridized carbons (Fsp3) is 0.762. The monoisotopic (exact) mass is 412 g/mol. The Morgan fingerprint density at radius 1 is 0.931 bits per heavy atom. The van der Waals surface area contributed by atoms with Crippen LogP contribution in [0.15, 0.2) is 18.3 Å². The number of pyridine rings is 1. The fourth-order valence-electron chi connectivity index (χ4n) is 4.82. The molecule has 3 saturated heterocycles. The van der Waals surface area contributed by atoms with Gasteiger partial charge in [-0.3, -0.25) is 4.90 Å². The molecule has 0 N–H and O–H groups in total. The molecule has 0 aromatic carbocycles. The number of halogens is 3. The van der Waals surface area contributed by atoms with Crippen LogP contribution in [0.4, 0.5) is 19.0 Å². The summed E-state index contributed by atoms with van der Waals surface area (Å²) in [7, 11) is 0. The van der Waals surface area contributed by atoms with Crippen LogP contribution in [0.3, 0.4) is 0 Å². The zero-order valence-electron chi connectivity index (χ0n) is 16.9. The normalized spacial score (nSPS) is 24.2. The van der Waals surface area contributed by atoms with Crippen molar-refractivity contribution in [3.63, 3.8) is 0 Å². The van der Waals surface area contributed by atoms with Gasteiger partial charge in [0.05, 0.1) is 5.56 Å². The number of nitrogens with zero attached hydrogens (tertiary/aromatic N) is 4. The summed E-state index contributed by atoms with van der Waals surface area (Å²) in [6, 6.07) is 3.25. The first-order valence-electron chi connectivity index (χ1n) is 10.8. The summed E-state index contributed by atoms with van der Waals surface area (Å²) in [5.41, 5.74) is -0.688. The zero-order chi connectivity index (χ0) is 20.3. The van der Waals surface area contributed by atoms with Crippen molar-refractivity contribution in [2.24, 2.45) is 5.92 Å². The Kier molecular flexibility index (Phi) is 6.61. The van der Waals surface area contributed by atoms with Crippen LogP contribution in [-0.4, -0.2) is 79.9 Å². The van der Waals surface area contributed by atoms with Gasteiger partial charge in [-0.2, -0.15) is 13.2 Å². The number of piperazine rings is 1. The van der Waals surface area contributed by atoms with Crippen molar-refractivity contribution in [1.29, 1.82) is 0 Å². The average Bonchev–Trinajstić information content (AvgIpc) is 2.75. The molecule has 0 spiro atoms. The van der Waals surface area contributed by atoms with Crippen molar-refractivity contribution < 1.29 is 17.9 Å². The van der Waals surface area contributed by atoms with E-state index in [-0.39, 0.29) is 0 Å². The topological polar surface area (TPSA) is 31.8 Å². The van der Waals surface area contributed by atoms with Crippen molar-refractivity contribution in [2.75, 3.05) is 63.9 Å². The summed E-state index contributed by atoms with van der Waals surface area (Å²) in [5.74, 6) is 1.43. The lowest BCUT2D eigenvalue weighted by Gasteiger charge is -2.43. The molecule has 4 heterocycles. The lowest BCUT2D eigenvalue weighted by molar-refractivity contribution is -0.137. The van der Waals surface area contributed by atoms with Gasteiger partial charge in [0.15, 0.2) is 0 Å². The van der Waals surface area contributed by atoms with Crippen LogP contribution >= 0.6 is 0 Å². The van der Waals surface area contributed by atoms with Gasteiger partial charge in [0.2, 0.25) is 0 Å². The summed E-state index contributed by atoms with van der Waals surface area (Å²) < 4.78 is 43.6. The van der Waals surface area contributed by atoms with Crippen molar-refractivity contribution in [2.45, 2.75) is 37.9 Å². The summed E-state index contributed by atoms with van der Waals surface area (Å²) >= 11 is 0. The van der Waals surface area contributed by atoms with E-state index in [1.54, 1.807) is 0 Å². The maximum atomic E-state index is 12.7. The molecule has 0 atom stereocenters. The number of ether oxygens (including phenoxy) is 1. The standard InChI is InChI=1S/C21H31F3N4O/c22-21(23,24)18-1-2-20(25-15-18)28-11-9-27(10-12-28)19-3-7-26(8-4-19)16-17-5-13-29-14-6-17/h1-2,15,17,19H,3-14,16H2. The number of anilines is 1. The Balaban J connectivity index is 1.21. The minimum absolute atomic E-state index is 0.628. The zero-order valence-corrected chi connectivity index (χ0v) is 16.9. The van der Waals surface area contributed by atoms with E-state index in [1.165, 1.54) is 51.4 Å². The lowest BCUT2D eigenvalue weighted by atomic mass is 9.96. The molecule has 0 unspecified atom stereocenters. The highest BCUT2D eigenvalue weighted by atomic mass is 19.4. The minimum atomic E-state index is -4.33.